The normalized spacial score (nSPS) is 11.5. The van der Waals surface area contributed by atoms with Gasteiger partial charge in [-0.3, -0.25) is 0 Å². The molecule has 0 aliphatic carbocycles. The van der Waals surface area contributed by atoms with Gasteiger partial charge in [-0.25, -0.2) is 0 Å². The Labute approximate surface area is 187 Å². The van der Waals surface area contributed by atoms with Gasteiger partial charge in [-0.1, -0.05) is 85.5 Å². The Kier molecular flexibility index (Phi) is 4.22. The van der Waals surface area contributed by atoms with E-state index in [-0.39, 0.29) is 0 Å². The highest BCUT2D eigenvalue weighted by Crippen LogP contribution is 2.35. The molecule has 0 saturated carbocycles. The Morgan fingerprint density at radius 3 is 2.22 bits per heavy atom. The minimum Gasteiger partial charge on any atom is -0.337 e. The summed E-state index contributed by atoms with van der Waals surface area (Å²) in [6, 6.07) is 34.9. The maximum atomic E-state index is 4.53. The lowest BCUT2D eigenvalue weighted by Crippen LogP contribution is -1.95. The molecule has 0 saturated heterocycles. The summed E-state index contributed by atoms with van der Waals surface area (Å²) >= 11 is 0. The van der Waals surface area contributed by atoms with E-state index >= 15 is 0 Å². The van der Waals surface area contributed by atoms with Crippen LogP contribution in [0, 0.1) is 0 Å². The van der Waals surface area contributed by atoms with Crippen LogP contribution in [-0.4, -0.2) is 4.57 Å². The highest BCUT2D eigenvalue weighted by Gasteiger charge is 2.13. The molecule has 0 spiro atoms. The van der Waals surface area contributed by atoms with Crippen molar-refractivity contribution in [2.24, 2.45) is 0 Å². The zero-order chi connectivity index (χ0) is 21.7. The fraction of sp³-hybridized carbons (Fsp3) is 0.0323. The first-order chi connectivity index (χ1) is 15.7. The summed E-state index contributed by atoms with van der Waals surface area (Å²) in [7, 11) is 0. The Bertz CT molecular complexity index is 1680. The predicted octanol–water partition coefficient (Wildman–Crippen LogP) is 8.35. The van der Waals surface area contributed by atoms with Gasteiger partial charge in [-0.05, 0) is 62.5 Å². The first-order valence-electron chi connectivity index (χ1n) is 11.0. The van der Waals surface area contributed by atoms with E-state index in [0.29, 0.717) is 0 Å². The summed E-state index contributed by atoms with van der Waals surface area (Å²) in [6.45, 7) is 9.29. The second-order valence-corrected chi connectivity index (χ2v) is 8.35. The van der Waals surface area contributed by atoms with Crippen molar-refractivity contribution in [1.82, 2.24) is 4.57 Å². The maximum Gasteiger partial charge on any atom is 0.0500 e. The number of hydrogen-bond donors (Lipinski definition) is 0. The largest absolute Gasteiger partial charge is 0.337 e. The van der Waals surface area contributed by atoms with Crippen molar-refractivity contribution in [2.75, 3.05) is 0 Å². The average Bonchev–Trinajstić information content (AvgIpc) is 3.15. The zero-order valence-corrected chi connectivity index (χ0v) is 17.9. The van der Waals surface area contributed by atoms with E-state index in [2.05, 4.69) is 115 Å². The summed E-state index contributed by atoms with van der Waals surface area (Å²) in [5.74, 6) is 0. The molecule has 0 N–H and O–H groups in total. The van der Waals surface area contributed by atoms with Gasteiger partial charge in [0.15, 0.2) is 0 Å². The summed E-state index contributed by atoms with van der Waals surface area (Å²) < 4.78 is 2.34. The first-order valence-corrected chi connectivity index (χ1v) is 11.0. The fourth-order valence-corrected chi connectivity index (χ4v) is 4.95. The van der Waals surface area contributed by atoms with Crippen LogP contribution in [0.2, 0.25) is 0 Å². The van der Waals surface area contributed by atoms with Crippen LogP contribution in [0.1, 0.15) is 11.1 Å². The molecule has 6 aromatic rings. The second-order valence-electron chi connectivity index (χ2n) is 8.35. The molecule has 0 atom stereocenters. The van der Waals surface area contributed by atoms with Gasteiger partial charge >= 0.3 is 0 Å². The molecular weight excluding hydrogens is 386 g/mol. The average molecular weight is 410 g/mol. The van der Waals surface area contributed by atoms with Crippen LogP contribution in [-0.2, 0) is 6.54 Å². The highest BCUT2D eigenvalue weighted by molar-refractivity contribution is 6.10. The molecule has 0 fully saturated rings. The molecule has 6 rings (SSSR count). The smallest absolute Gasteiger partial charge is 0.0500 e. The fourth-order valence-electron chi connectivity index (χ4n) is 4.95. The SMILES string of the molecule is C=CCn1c2ccccc2c2ccc(C(=C)c3cccc4cc5ccccc5cc34)cc21. The third-order valence-corrected chi connectivity index (χ3v) is 6.51. The molecular formula is C31H23N. The predicted molar refractivity (Wildman–Crippen MR) is 139 cm³/mol. The van der Waals surface area contributed by atoms with Gasteiger partial charge in [0.25, 0.3) is 0 Å². The molecule has 0 radical (unpaired) electrons. The number of para-hydroxylation sites is 1. The molecule has 1 nitrogen and oxygen atoms in total. The van der Waals surface area contributed by atoms with E-state index < -0.39 is 0 Å². The Morgan fingerprint density at radius 2 is 1.38 bits per heavy atom. The molecule has 152 valence electrons. The van der Waals surface area contributed by atoms with Crippen molar-refractivity contribution in [3.8, 4) is 0 Å². The van der Waals surface area contributed by atoms with E-state index in [0.717, 1.165) is 17.7 Å². The van der Waals surface area contributed by atoms with E-state index in [1.54, 1.807) is 0 Å². The third-order valence-electron chi connectivity index (χ3n) is 6.51. The number of hydrogen-bond acceptors (Lipinski definition) is 0. The summed E-state index contributed by atoms with van der Waals surface area (Å²) in [6.07, 6.45) is 1.96. The van der Waals surface area contributed by atoms with E-state index in [4.69, 9.17) is 0 Å². The van der Waals surface area contributed by atoms with E-state index in [1.165, 1.54) is 48.9 Å². The number of allylic oxidation sites excluding steroid dienone is 1. The number of rotatable bonds is 4. The van der Waals surface area contributed by atoms with Gasteiger partial charge < -0.3 is 4.57 Å². The van der Waals surface area contributed by atoms with Crippen molar-refractivity contribution >= 4 is 48.9 Å². The number of aromatic nitrogens is 1. The van der Waals surface area contributed by atoms with Gasteiger partial charge in [-0.2, -0.15) is 0 Å². The van der Waals surface area contributed by atoms with Gasteiger partial charge in [0.1, 0.15) is 0 Å². The van der Waals surface area contributed by atoms with Crippen LogP contribution in [0.5, 0.6) is 0 Å². The first kappa shape index (κ1) is 18.7. The molecule has 5 aromatic carbocycles. The van der Waals surface area contributed by atoms with Crippen molar-refractivity contribution in [2.45, 2.75) is 6.54 Å². The molecule has 1 heteroatoms. The third kappa shape index (κ3) is 2.79. The molecule has 1 aromatic heterocycles. The van der Waals surface area contributed by atoms with Gasteiger partial charge in [0.05, 0.1) is 5.52 Å². The molecule has 0 aliphatic rings. The van der Waals surface area contributed by atoms with Crippen molar-refractivity contribution in [1.29, 1.82) is 0 Å². The quantitative estimate of drug-likeness (QED) is 0.204. The van der Waals surface area contributed by atoms with Crippen LogP contribution >= 0.6 is 0 Å². The monoisotopic (exact) mass is 409 g/mol. The number of fused-ring (bicyclic) bond motifs is 5. The van der Waals surface area contributed by atoms with E-state index in [1.807, 2.05) is 6.08 Å². The van der Waals surface area contributed by atoms with Gasteiger partial charge in [0, 0.05) is 22.8 Å². The molecule has 0 bridgehead atoms. The molecule has 0 aliphatic heterocycles. The highest BCUT2D eigenvalue weighted by atomic mass is 15.0. The molecule has 0 unspecified atom stereocenters. The summed E-state index contributed by atoms with van der Waals surface area (Å²) in [5, 5.41) is 7.54. The summed E-state index contributed by atoms with van der Waals surface area (Å²) in [4.78, 5) is 0. The van der Waals surface area contributed by atoms with Crippen LogP contribution in [0.4, 0.5) is 0 Å². The van der Waals surface area contributed by atoms with Crippen LogP contribution in [0.25, 0.3) is 48.9 Å². The topological polar surface area (TPSA) is 4.93 Å². The van der Waals surface area contributed by atoms with Gasteiger partial charge in [-0.15, -0.1) is 6.58 Å². The number of nitrogens with zero attached hydrogens (tertiary/aromatic N) is 1. The van der Waals surface area contributed by atoms with Crippen molar-refractivity contribution in [3.05, 3.63) is 127 Å². The zero-order valence-electron chi connectivity index (χ0n) is 17.9. The second kappa shape index (κ2) is 7.25. The maximum absolute atomic E-state index is 4.53. The van der Waals surface area contributed by atoms with E-state index in [9.17, 15) is 0 Å². The molecule has 1 heterocycles. The Morgan fingerprint density at radius 1 is 0.656 bits per heavy atom. The lowest BCUT2D eigenvalue weighted by Gasteiger charge is -2.12. The number of benzene rings is 5. The van der Waals surface area contributed by atoms with Gasteiger partial charge in [0.2, 0.25) is 0 Å². The van der Waals surface area contributed by atoms with Crippen LogP contribution in [0.15, 0.2) is 116 Å². The van der Waals surface area contributed by atoms with Crippen LogP contribution < -0.4 is 0 Å². The standard InChI is InChI=1S/C31H23N/c1-3-17-32-30-14-7-6-12-27(30)28-16-15-22(20-31(28)32)21(2)26-13-8-11-25-18-23-9-4-5-10-24(23)19-29(25)26/h3-16,18-20H,1-2,17H2. The minimum absolute atomic E-state index is 0.778. The minimum atomic E-state index is 0.778. The lowest BCUT2D eigenvalue weighted by atomic mass is 9.92. The Balaban J connectivity index is 1.56. The van der Waals surface area contributed by atoms with Crippen molar-refractivity contribution in [3.63, 3.8) is 0 Å². The van der Waals surface area contributed by atoms with Crippen molar-refractivity contribution < 1.29 is 0 Å². The lowest BCUT2D eigenvalue weighted by molar-refractivity contribution is 0.901. The van der Waals surface area contributed by atoms with Crippen LogP contribution in [0.3, 0.4) is 0 Å². The molecule has 0 amide bonds. The molecule has 32 heavy (non-hydrogen) atoms. The Hall–Kier alpha value is -4.10. The summed E-state index contributed by atoms with van der Waals surface area (Å²) in [5.41, 5.74) is 5.82.